The van der Waals surface area contributed by atoms with Crippen molar-refractivity contribution in [2.24, 2.45) is 0 Å². The average Bonchev–Trinajstić information content (AvgIpc) is 3.03. The van der Waals surface area contributed by atoms with E-state index in [0.717, 1.165) is 29.0 Å². The van der Waals surface area contributed by atoms with Crippen molar-refractivity contribution in [3.8, 4) is 11.6 Å². The second-order valence-corrected chi connectivity index (χ2v) is 13.4. The van der Waals surface area contributed by atoms with Gasteiger partial charge in [0.25, 0.3) is 0 Å². The van der Waals surface area contributed by atoms with E-state index in [1.54, 1.807) is 6.33 Å². The van der Waals surface area contributed by atoms with Gasteiger partial charge in [0.2, 0.25) is 5.88 Å². The molecular weight excluding hydrogens is 378 g/mol. The molecular formula is C23H31N3O2Si. The van der Waals surface area contributed by atoms with Crippen molar-refractivity contribution in [1.29, 1.82) is 0 Å². The van der Waals surface area contributed by atoms with Gasteiger partial charge in [0.1, 0.15) is 17.6 Å². The Labute approximate surface area is 174 Å². The van der Waals surface area contributed by atoms with Crippen LogP contribution in [0.25, 0.3) is 17.1 Å². The van der Waals surface area contributed by atoms with Gasteiger partial charge >= 0.3 is 0 Å². The molecule has 0 saturated heterocycles. The molecule has 0 spiro atoms. The maximum absolute atomic E-state index is 6.26. The molecule has 0 aliphatic rings. The average molecular weight is 410 g/mol. The molecule has 1 aromatic carbocycles. The summed E-state index contributed by atoms with van der Waals surface area (Å²) in [5, 5.41) is 0.207. The first-order valence-corrected chi connectivity index (χ1v) is 13.0. The van der Waals surface area contributed by atoms with Crippen molar-refractivity contribution in [3.05, 3.63) is 54.5 Å². The third kappa shape index (κ3) is 4.76. The van der Waals surface area contributed by atoms with Crippen LogP contribution in [0.2, 0.25) is 18.1 Å². The molecule has 3 rings (SSSR count). The van der Waals surface area contributed by atoms with Crippen LogP contribution in [0.4, 0.5) is 0 Å². The summed E-state index contributed by atoms with van der Waals surface area (Å²) in [6, 6.07) is 11.8. The van der Waals surface area contributed by atoms with E-state index in [0.29, 0.717) is 12.5 Å². The van der Waals surface area contributed by atoms with Gasteiger partial charge in [-0.15, -0.1) is 0 Å². The summed E-state index contributed by atoms with van der Waals surface area (Å²) < 4.78 is 14.5. The number of rotatable bonds is 7. The van der Waals surface area contributed by atoms with Crippen molar-refractivity contribution in [1.82, 2.24) is 14.5 Å². The minimum Gasteiger partial charge on any atom is -0.437 e. The molecule has 0 amide bonds. The highest BCUT2D eigenvalue weighted by molar-refractivity contribution is 6.74. The minimum absolute atomic E-state index is 0.207. The number of ether oxygens (including phenoxy) is 1. The fourth-order valence-electron chi connectivity index (χ4n) is 2.88. The van der Waals surface area contributed by atoms with Gasteiger partial charge in [0.15, 0.2) is 8.32 Å². The zero-order valence-electron chi connectivity index (χ0n) is 18.3. The topological polar surface area (TPSA) is 49.2 Å². The van der Waals surface area contributed by atoms with Crippen LogP contribution in [0.5, 0.6) is 11.6 Å². The largest absolute Gasteiger partial charge is 0.437 e. The molecule has 5 nitrogen and oxygen atoms in total. The van der Waals surface area contributed by atoms with E-state index in [4.69, 9.17) is 9.16 Å². The summed E-state index contributed by atoms with van der Waals surface area (Å²) in [6.45, 7) is 14.8. The van der Waals surface area contributed by atoms with Gasteiger partial charge < -0.3 is 13.7 Å². The first-order chi connectivity index (χ1) is 13.7. The maximum Gasteiger partial charge on any atom is 0.247 e. The lowest BCUT2D eigenvalue weighted by Crippen LogP contribution is -2.40. The van der Waals surface area contributed by atoms with Gasteiger partial charge in [0, 0.05) is 12.2 Å². The SMILES string of the molecule is CCn1c(/C=C/CO[Si](C)(C)C(C)(C)C)cc2ncnc(Oc3ccccc3)c21. The van der Waals surface area contributed by atoms with Crippen LogP contribution in [0.15, 0.2) is 48.8 Å². The third-order valence-corrected chi connectivity index (χ3v) is 10.1. The first kappa shape index (κ1) is 21.3. The highest BCUT2D eigenvalue weighted by Crippen LogP contribution is 2.36. The fourth-order valence-corrected chi connectivity index (χ4v) is 3.82. The summed E-state index contributed by atoms with van der Waals surface area (Å²) >= 11 is 0. The Balaban J connectivity index is 1.85. The van der Waals surface area contributed by atoms with E-state index < -0.39 is 8.32 Å². The number of aromatic nitrogens is 3. The maximum atomic E-state index is 6.26. The third-order valence-electron chi connectivity index (χ3n) is 5.59. The van der Waals surface area contributed by atoms with Crippen molar-refractivity contribution < 1.29 is 9.16 Å². The van der Waals surface area contributed by atoms with Crippen LogP contribution in [-0.2, 0) is 11.0 Å². The Morgan fingerprint density at radius 2 is 1.83 bits per heavy atom. The zero-order chi connectivity index (χ0) is 21.1. The number of hydrogen-bond acceptors (Lipinski definition) is 4. The van der Waals surface area contributed by atoms with Crippen molar-refractivity contribution >= 4 is 25.4 Å². The van der Waals surface area contributed by atoms with Crippen LogP contribution in [0.1, 0.15) is 33.4 Å². The second kappa shape index (κ2) is 8.51. The molecule has 6 heteroatoms. The number of fused-ring (bicyclic) bond motifs is 1. The highest BCUT2D eigenvalue weighted by Gasteiger charge is 2.36. The second-order valence-electron chi connectivity index (χ2n) is 8.61. The Morgan fingerprint density at radius 3 is 2.48 bits per heavy atom. The molecule has 0 atom stereocenters. The molecule has 0 aliphatic carbocycles. The van der Waals surface area contributed by atoms with E-state index in [9.17, 15) is 0 Å². The molecule has 2 aromatic heterocycles. The van der Waals surface area contributed by atoms with Crippen molar-refractivity contribution in [3.63, 3.8) is 0 Å². The molecule has 0 radical (unpaired) electrons. The standard InChI is InChI=1S/C23H31N3O2Si/c1-7-26-18(12-11-15-27-29(5,6)23(2,3)4)16-20-21(26)22(25-17-24-20)28-19-13-9-8-10-14-19/h8-14,16-17H,7,15H2,1-6H3/b12-11+. The molecule has 2 heterocycles. The van der Waals surface area contributed by atoms with Gasteiger partial charge in [0.05, 0.1) is 12.1 Å². The van der Waals surface area contributed by atoms with Crippen LogP contribution >= 0.6 is 0 Å². The molecule has 29 heavy (non-hydrogen) atoms. The highest BCUT2D eigenvalue weighted by atomic mass is 28.4. The van der Waals surface area contributed by atoms with E-state index in [1.165, 1.54) is 0 Å². The molecule has 0 fully saturated rings. The Hall–Kier alpha value is -2.44. The lowest BCUT2D eigenvalue weighted by Gasteiger charge is -2.35. The number of nitrogens with zero attached hydrogens (tertiary/aromatic N) is 3. The Morgan fingerprint density at radius 1 is 1.10 bits per heavy atom. The summed E-state index contributed by atoms with van der Waals surface area (Å²) in [6.07, 6.45) is 5.74. The molecule has 154 valence electrons. The van der Waals surface area contributed by atoms with Gasteiger partial charge in [-0.05, 0) is 49.3 Å². The van der Waals surface area contributed by atoms with Crippen LogP contribution in [0.3, 0.4) is 0 Å². The van der Waals surface area contributed by atoms with Gasteiger partial charge in [-0.1, -0.05) is 45.0 Å². The van der Waals surface area contributed by atoms with Crippen molar-refractivity contribution in [2.75, 3.05) is 6.61 Å². The van der Waals surface area contributed by atoms with Crippen LogP contribution in [0, 0.1) is 0 Å². The van der Waals surface area contributed by atoms with E-state index in [-0.39, 0.29) is 5.04 Å². The molecule has 0 bridgehead atoms. The van der Waals surface area contributed by atoms with Crippen molar-refractivity contribution in [2.45, 2.75) is 52.4 Å². The number of benzene rings is 1. The van der Waals surface area contributed by atoms with E-state index in [1.807, 2.05) is 30.3 Å². The molecule has 0 N–H and O–H groups in total. The normalized spacial score (nSPS) is 12.8. The Kier molecular flexibility index (Phi) is 6.24. The minimum atomic E-state index is -1.75. The first-order valence-electron chi connectivity index (χ1n) is 10.1. The molecule has 0 aliphatic heterocycles. The summed E-state index contributed by atoms with van der Waals surface area (Å²) in [5.41, 5.74) is 2.85. The lowest BCUT2D eigenvalue weighted by atomic mass is 10.2. The lowest BCUT2D eigenvalue weighted by molar-refractivity contribution is 0.328. The van der Waals surface area contributed by atoms with Crippen LogP contribution in [-0.4, -0.2) is 29.5 Å². The summed E-state index contributed by atoms with van der Waals surface area (Å²) in [4.78, 5) is 8.82. The predicted molar refractivity (Wildman–Crippen MR) is 122 cm³/mol. The number of para-hydroxylation sites is 1. The number of hydrogen-bond donors (Lipinski definition) is 0. The fraction of sp³-hybridized carbons (Fsp3) is 0.391. The quantitative estimate of drug-likeness (QED) is 0.431. The van der Waals surface area contributed by atoms with Gasteiger partial charge in [-0.2, -0.15) is 4.98 Å². The van der Waals surface area contributed by atoms with Gasteiger partial charge in [-0.3, -0.25) is 0 Å². The summed E-state index contributed by atoms with van der Waals surface area (Å²) in [5.74, 6) is 1.33. The Bertz CT molecular complexity index is 989. The molecule has 0 unspecified atom stereocenters. The van der Waals surface area contributed by atoms with Gasteiger partial charge in [-0.25, -0.2) is 4.98 Å². The molecule has 3 aromatic rings. The van der Waals surface area contributed by atoms with E-state index >= 15 is 0 Å². The molecule has 0 saturated carbocycles. The van der Waals surface area contributed by atoms with Crippen LogP contribution < -0.4 is 4.74 Å². The van der Waals surface area contributed by atoms with E-state index in [2.05, 4.69) is 73.5 Å². The zero-order valence-corrected chi connectivity index (χ0v) is 19.3. The monoisotopic (exact) mass is 409 g/mol. The summed E-state index contributed by atoms with van der Waals surface area (Å²) in [7, 11) is -1.75. The predicted octanol–water partition coefficient (Wildman–Crippen LogP) is 6.28. The number of aryl methyl sites for hydroxylation is 1. The smallest absolute Gasteiger partial charge is 0.247 e.